The number of anilines is 1. The van der Waals surface area contributed by atoms with Crippen molar-refractivity contribution in [3.8, 4) is 5.75 Å². The smallest absolute Gasteiger partial charge is 0.409 e. The van der Waals surface area contributed by atoms with Gasteiger partial charge in [-0.1, -0.05) is 56.2 Å². The number of carbonyl (C=O) groups excluding carboxylic acids is 8. The number of nitrogens with one attached hydrogen (secondary N) is 2. The number of nitrogens with two attached hydrogens (primary N) is 1. The number of aliphatic hydroxyl groups is 1. The van der Waals surface area contributed by atoms with Crippen molar-refractivity contribution >= 4 is 76.6 Å². The predicted octanol–water partition coefficient (Wildman–Crippen LogP) is 3.38. The van der Waals surface area contributed by atoms with Gasteiger partial charge in [0.05, 0.1) is 83.4 Å². The number of methoxy groups -OCH3 is 2. The van der Waals surface area contributed by atoms with Crippen LogP contribution in [0.1, 0.15) is 92.1 Å². The Morgan fingerprint density at radius 2 is 1.62 bits per heavy atom. The van der Waals surface area contributed by atoms with Crippen molar-refractivity contribution in [1.82, 2.24) is 20.4 Å². The van der Waals surface area contributed by atoms with Crippen molar-refractivity contribution in [1.29, 1.82) is 0 Å². The van der Waals surface area contributed by atoms with E-state index in [1.54, 1.807) is 45.2 Å². The average molecular weight is 1200 g/mol. The first-order valence-electron chi connectivity index (χ1n) is 27.5. The molecule has 458 valence electrons. The van der Waals surface area contributed by atoms with Gasteiger partial charge in [-0.25, -0.2) is 9.59 Å². The standard InChI is InChI=1S/C56H83ClN6O18S/c1-34-12-11-13-42(74-10)56(72)33-40(79-53(71)60-56)35(2)50-55(6,81-50)43(32-47(67)62(8)38-29-37(28-34)30-39(73-9)49(38)57)80-52(70)36(3)61(7)46(66)14-17-54(4,5)82-41-31-48(68)63(51(41)69)19-15-45(65)59-18-21-76-23-25-78-27-26-77-24-22-75-20-16-44(58)64/h11-13,29-30,35-36,40-43,50,72H,14-28,31-33H2,1-10H3,(H2,58,64)(H,59,65)(H,60,71)/b13-11+,34-12+/t35-,36?,40?,41?,42-,43+,50?,55?,56+/m1/s1. The first-order chi connectivity index (χ1) is 38.7. The molecule has 9 atom stereocenters. The van der Waals surface area contributed by atoms with Gasteiger partial charge >= 0.3 is 12.1 Å². The van der Waals surface area contributed by atoms with Gasteiger partial charge in [0.25, 0.3) is 0 Å². The summed E-state index contributed by atoms with van der Waals surface area (Å²) in [5, 5.41) is 16.6. The number of nitrogens with zero attached hydrogens (tertiary/aromatic N) is 3. The Morgan fingerprint density at radius 1 is 0.976 bits per heavy atom. The van der Waals surface area contributed by atoms with E-state index in [0.717, 1.165) is 16.0 Å². The summed E-state index contributed by atoms with van der Waals surface area (Å²) < 4.78 is 50.4. The summed E-state index contributed by atoms with van der Waals surface area (Å²) in [5.41, 5.74) is 3.83. The highest BCUT2D eigenvalue weighted by atomic mass is 35.5. The van der Waals surface area contributed by atoms with Crippen molar-refractivity contribution in [2.24, 2.45) is 11.7 Å². The van der Waals surface area contributed by atoms with Gasteiger partial charge in [0.2, 0.25) is 35.4 Å². The Kier molecular flexibility index (Phi) is 25.5. The zero-order valence-corrected chi connectivity index (χ0v) is 50.3. The van der Waals surface area contributed by atoms with Crippen LogP contribution in [-0.4, -0.2) is 208 Å². The number of thioether (sulfide) groups is 1. The highest BCUT2D eigenvalue weighted by molar-refractivity contribution is 8.02. The van der Waals surface area contributed by atoms with E-state index in [4.69, 9.17) is 60.0 Å². The minimum atomic E-state index is -1.89. The number of halogens is 1. The van der Waals surface area contributed by atoms with Crippen molar-refractivity contribution in [2.75, 3.05) is 99.2 Å². The van der Waals surface area contributed by atoms with Gasteiger partial charge in [0.15, 0.2) is 5.72 Å². The molecule has 0 aromatic heterocycles. The zero-order valence-electron chi connectivity index (χ0n) is 48.7. The van der Waals surface area contributed by atoms with E-state index in [9.17, 15) is 43.5 Å². The molecule has 7 amide bonds. The summed E-state index contributed by atoms with van der Waals surface area (Å²) in [6.45, 7) is 13.2. The lowest BCUT2D eigenvalue weighted by Gasteiger charge is -2.42. The number of amides is 7. The Bertz CT molecular complexity index is 2500. The lowest BCUT2D eigenvalue weighted by Crippen LogP contribution is -2.63. The van der Waals surface area contributed by atoms with Crippen LogP contribution < -0.4 is 26.0 Å². The maximum Gasteiger partial charge on any atom is 0.409 e. The van der Waals surface area contributed by atoms with Crippen LogP contribution in [0.15, 0.2) is 35.9 Å². The third kappa shape index (κ3) is 19.1. The molecule has 1 aromatic carbocycles. The number of likely N-dealkylation sites (N-methyl/N-ethyl adjacent to an activating group) is 1. The topological polar surface area (TPSA) is 303 Å². The zero-order chi connectivity index (χ0) is 60.5. The third-order valence-corrected chi connectivity index (χ3v) is 16.7. The molecule has 5 unspecified atom stereocenters. The Labute approximate surface area is 489 Å². The number of allylic oxidation sites excluding steroid dienone is 3. The fourth-order valence-electron chi connectivity index (χ4n) is 9.73. The molecule has 5 N–H and O–H groups in total. The Balaban J connectivity index is 1.14. The number of ether oxygens (including phenoxy) is 9. The summed E-state index contributed by atoms with van der Waals surface area (Å²) in [6, 6.07) is 2.38. The fourth-order valence-corrected chi connectivity index (χ4v) is 11.5. The first-order valence-corrected chi connectivity index (χ1v) is 28.7. The van der Waals surface area contributed by atoms with Crippen molar-refractivity contribution in [2.45, 2.75) is 145 Å². The van der Waals surface area contributed by atoms with E-state index in [0.29, 0.717) is 57.5 Å². The van der Waals surface area contributed by atoms with Gasteiger partial charge in [-0.05, 0) is 51.3 Å². The number of hydrogen-bond donors (Lipinski definition) is 4. The van der Waals surface area contributed by atoms with E-state index < -0.39 is 106 Å². The van der Waals surface area contributed by atoms with Crippen molar-refractivity contribution in [3.05, 3.63) is 46.5 Å². The van der Waals surface area contributed by atoms with Gasteiger partial charge < -0.3 is 68.6 Å². The molecule has 3 saturated heterocycles. The molecule has 0 aliphatic carbocycles. The maximum atomic E-state index is 14.4. The van der Waals surface area contributed by atoms with Crippen LogP contribution >= 0.6 is 23.4 Å². The normalized spacial score (nSPS) is 26.4. The summed E-state index contributed by atoms with van der Waals surface area (Å²) in [7, 11) is 5.88. The number of benzene rings is 1. The number of imide groups is 1. The van der Waals surface area contributed by atoms with Crippen LogP contribution in [-0.2, 0) is 77.9 Å². The van der Waals surface area contributed by atoms with Crippen LogP contribution in [0, 0.1) is 5.92 Å². The molecular formula is C56H83ClN6O18S. The number of carbonyl (C=O) groups is 8. The van der Waals surface area contributed by atoms with Crippen molar-refractivity contribution in [3.63, 3.8) is 0 Å². The number of hydrogen-bond acceptors (Lipinski definition) is 19. The molecule has 4 heterocycles. The minimum absolute atomic E-state index is 0.0375. The molecular weight excluding hydrogens is 1110 g/mol. The predicted molar refractivity (Wildman–Crippen MR) is 302 cm³/mol. The van der Waals surface area contributed by atoms with E-state index in [1.165, 1.54) is 49.8 Å². The van der Waals surface area contributed by atoms with E-state index in [2.05, 4.69) is 10.6 Å². The SMILES string of the molecule is COc1cc2cc(c1Cl)N(C)C(=O)C[C@H](OC(=O)C(C)N(C)C(=O)CCC(C)(C)SC1CC(=O)N(CCC(=O)NCCOCCOCCOCCOCCC(N)=O)C1=O)C1(C)OC1[C@H](C)C1C[C@@](O)(NC(=O)O1)[C@H](OC)/C=C/C=C(\C)C2. The molecule has 26 heteroatoms. The van der Waals surface area contributed by atoms with Crippen LogP contribution in [0.3, 0.4) is 0 Å². The number of esters is 1. The van der Waals surface area contributed by atoms with Gasteiger partial charge in [-0.3, -0.25) is 39.0 Å². The van der Waals surface area contributed by atoms with Crippen molar-refractivity contribution < 1.29 is 86.1 Å². The number of fused-ring (bicyclic) bond motifs is 5. The molecule has 0 saturated carbocycles. The third-order valence-electron chi connectivity index (χ3n) is 14.9. The number of rotatable bonds is 28. The van der Waals surface area contributed by atoms with Crippen LogP contribution in [0.5, 0.6) is 5.75 Å². The van der Waals surface area contributed by atoms with Crippen LogP contribution in [0.25, 0.3) is 0 Å². The van der Waals surface area contributed by atoms with Crippen LogP contribution in [0.4, 0.5) is 10.5 Å². The number of epoxide rings is 1. The molecule has 4 aliphatic heterocycles. The fraction of sp³-hybridized carbons (Fsp3) is 0.679. The van der Waals surface area contributed by atoms with E-state index >= 15 is 0 Å². The van der Waals surface area contributed by atoms with E-state index in [1.807, 2.05) is 26.8 Å². The van der Waals surface area contributed by atoms with Crippen LogP contribution in [0.2, 0.25) is 5.02 Å². The minimum Gasteiger partial charge on any atom is -0.495 e. The second kappa shape index (κ2) is 31.0. The van der Waals surface area contributed by atoms with Gasteiger partial charge in [0.1, 0.15) is 40.7 Å². The second-order valence-electron chi connectivity index (χ2n) is 21.6. The Hall–Kier alpha value is -5.38. The molecule has 3 fully saturated rings. The van der Waals surface area contributed by atoms with Gasteiger partial charge in [-0.2, -0.15) is 0 Å². The largest absolute Gasteiger partial charge is 0.495 e. The molecule has 82 heavy (non-hydrogen) atoms. The highest BCUT2D eigenvalue weighted by Crippen LogP contribution is 2.49. The first kappa shape index (κ1) is 67.4. The molecule has 0 radical (unpaired) electrons. The lowest BCUT2D eigenvalue weighted by molar-refractivity contribution is -0.162. The molecule has 4 bridgehead atoms. The number of likely N-dealkylation sites (tertiary alicyclic amines) is 1. The summed E-state index contributed by atoms with van der Waals surface area (Å²) in [4.78, 5) is 109. The summed E-state index contributed by atoms with van der Waals surface area (Å²) >= 11 is 8.10. The van der Waals surface area contributed by atoms with Gasteiger partial charge in [-0.15, -0.1) is 11.8 Å². The molecule has 24 nitrogen and oxygen atoms in total. The summed E-state index contributed by atoms with van der Waals surface area (Å²) in [5.74, 6) is -3.62. The molecule has 0 spiro atoms. The molecule has 1 aromatic rings. The molecule has 4 aliphatic rings. The van der Waals surface area contributed by atoms with E-state index in [-0.39, 0.29) is 75.8 Å². The number of primary amides is 1. The number of alkyl carbamates (subject to hydrolysis) is 1. The van der Waals surface area contributed by atoms with Gasteiger partial charge in [0, 0.05) is 77.1 Å². The molecule has 5 rings (SSSR count). The Morgan fingerprint density at radius 3 is 2.26 bits per heavy atom. The average Bonchev–Trinajstić information content (AvgIpc) is 3.49. The lowest BCUT2D eigenvalue weighted by atomic mass is 9.83. The summed E-state index contributed by atoms with van der Waals surface area (Å²) in [6.07, 6.45) is 0.531. The maximum absolute atomic E-state index is 14.4. The quantitative estimate of drug-likeness (QED) is 0.0405. The monoisotopic (exact) mass is 1190 g/mol. The highest BCUT2D eigenvalue weighted by Gasteiger charge is 2.64. The second-order valence-corrected chi connectivity index (χ2v) is 23.9.